The number of carbonyl (C=O) groups is 3. The lowest BCUT2D eigenvalue weighted by Crippen LogP contribution is -2.21. The molecule has 0 aromatic heterocycles. The highest BCUT2D eigenvalue weighted by Gasteiger charge is 2.24. The maximum absolute atomic E-state index is 13.5. The smallest absolute Gasteiger partial charge is 0.323 e. The van der Waals surface area contributed by atoms with Gasteiger partial charge in [0.15, 0.2) is 0 Å². The van der Waals surface area contributed by atoms with Crippen LogP contribution in [0.3, 0.4) is 0 Å². The van der Waals surface area contributed by atoms with E-state index >= 15 is 0 Å². The molecule has 276 valence electrons. The predicted molar refractivity (Wildman–Crippen MR) is 202 cm³/mol. The van der Waals surface area contributed by atoms with Crippen molar-refractivity contribution in [3.05, 3.63) is 119 Å². The quantitative estimate of drug-likeness (QED) is 0.0760. The molecule has 0 heterocycles. The first-order valence-electron chi connectivity index (χ1n) is 15.8. The van der Waals surface area contributed by atoms with Crippen LogP contribution >= 0.6 is 0 Å². The Morgan fingerprint density at radius 1 is 0.500 bits per heavy atom. The van der Waals surface area contributed by atoms with Crippen LogP contribution in [0.15, 0.2) is 107 Å². The molecule has 6 aromatic rings. The fourth-order valence-electron chi connectivity index (χ4n) is 5.81. The highest BCUT2D eigenvalue weighted by Crippen LogP contribution is 2.35. The number of benzene rings is 6. The highest BCUT2D eigenvalue weighted by atomic mass is 32.2. The molecule has 0 saturated carbocycles. The summed E-state index contributed by atoms with van der Waals surface area (Å²) in [4.78, 5) is 39.0. The summed E-state index contributed by atoms with van der Waals surface area (Å²) in [5.41, 5.74) is 0.729. The van der Waals surface area contributed by atoms with Crippen molar-refractivity contribution in [2.45, 2.75) is 23.6 Å². The number of aryl methyl sites for hydroxylation is 2. The van der Waals surface area contributed by atoms with Gasteiger partial charge in [-0.3, -0.25) is 18.7 Å². The van der Waals surface area contributed by atoms with Crippen LogP contribution in [-0.4, -0.2) is 54.0 Å². The summed E-state index contributed by atoms with van der Waals surface area (Å²) in [6, 6.07) is 21.2. The van der Waals surface area contributed by atoms with Crippen molar-refractivity contribution in [2.75, 3.05) is 21.3 Å². The first-order valence-corrected chi connectivity index (χ1v) is 18.7. The Hall–Kier alpha value is -6.53. The molecule has 6 rings (SSSR count). The van der Waals surface area contributed by atoms with Crippen molar-refractivity contribution in [3.8, 4) is 11.5 Å². The highest BCUT2D eigenvalue weighted by molar-refractivity contribution is 7.86. The van der Waals surface area contributed by atoms with Gasteiger partial charge in [-0.25, -0.2) is 4.79 Å². The third kappa shape index (κ3) is 7.79. The Bertz CT molecular complexity index is 2600. The molecule has 54 heavy (non-hydrogen) atoms. The largest absolute Gasteiger partial charge is 0.508 e. The minimum Gasteiger partial charge on any atom is -0.508 e. The maximum Gasteiger partial charge on any atom is 0.323 e. The van der Waals surface area contributed by atoms with E-state index < -0.39 is 47.9 Å². The second-order valence-electron chi connectivity index (χ2n) is 12.2. The summed E-state index contributed by atoms with van der Waals surface area (Å²) in [6.45, 7) is 3.21. The Morgan fingerprint density at radius 2 is 0.870 bits per heavy atom. The van der Waals surface area contributed by atoms with Crippen LogP contribution in [0.2, 0.25) is 0 Å². The average Bonchev–Trinajstić information content (AvgIpc) is 3.09. The molecule has 0 atom stereocenters. The molecule has 0 aliphatic carbocycles. The van der Waals surface area contributed by atoms with Gasteiger partial charge in [0.1, 0.15) is 21.3 Å². The van der Waals surface area contributed by atoms with Gasteiger partial charge in [0.2, 0.25) is 0 Å². The van der Waals surface area contributed by atoms with Crippen molar-refractivity contribution >= 4 is 82.4 Å². The molecule has 0 bridgehead atoms. The Morgan fingerprint density at radius 3 is 1.24 bits per heavy atom. The van der Waals surface area contributed by atoms with Gasteiger partial charge >= 0.3 is 6.03 Å². The second kappa shape index (κ2) is 14.1. The number of phenolic OH excluding ortho intramolecular Hbond substituents is 2. The van der Waals surface area contributed by atoms with Gasteiger partial charge in [-0.2, -0.15) is 16.8 Å². The number of hydrogen-bond acceptors (Lipinski definition) is 9. The van der Waals surface area contributed by atoms with Crippen LogP contribution in [0.1, 0.15) is 31.8 Å². The number of fused-ring (bicyclic) bond motifs is 2. The molecule has 6 aromatic carbocycles. The van der Waals surface area contributed by atoms with E-state index in [1.807, 2.05) is 0 Å². The third-order valence-electron chi connectivity index (χ3n) is 8.45. The average molecular weight is 771 g/mol. The van der Waals surface area contributed by atoms with Crippen LogP contribution in [-0.2, 0) is 20.2 Å². The summed E-state index contributed by atoms with van der Waals surface area (Å²) >= 11 is 0. The molecular formula is C37H30N4O11S2. The zero-order valence-corrected chi connectivity index (χ0v) is 29.8. The molecular weight excluding hydrogens is 741 g/mol. The molecule has 8 N–H and O–H groups in total. The van der Waals surface area contributed by atoms with E-state index in [0.717, 1.165) is 12.1 Å². The van der Waals surface area contributed by atoms with Crippen LogP contribution in [0.4, 0.5) is 27.5 Å². The second-order valence-corrected chi connectivity index (χ2v) is 15.0. The summed E-state index contributed by atoms with van der Waals surface area (Å²) < 4.78 is 68.5. The molecule has 0 saturated heterocycles. The van der Waals surface area contributed by atoms with Gasteiger partial charge in [-0.05, 0) is 96.4 Å². The molecule has 0 unspecified atom stereocenters. The zero-order valence-electron chi connectivity index (χ0n) is 28.2. The normalized spacial score (nSPS) is 11.6. The van der Waals surface area contributed by atoms with E-state index in [2.05, 4.69) is 21.3 Å². The van der Waals surface area contributed by atoms with Crippen molar-refractivity contribution in [2.24, 2.45) is 0 Å². The minimum absolute atomic E-state index is 0.0338. The lowest BCUT2D eigenvalue weighted by Gasteiger charge is -2.16. The lowest BCUT2D eigenvalue weighted by atomic mass is 10.1. The van der Waals surface area contributed by atoms with E-state index in [1.165, 1.54) is 84.9 Å². The van der Waals surface area contributed by atoms with E-state index in [1.54, 1.807) is 13.8 Å². The van der Waals surface area contributed by atoms with Crippen molar-refractivity contribution in [1.29, 1.82) is 0 Å². The van der Waals surface area contributed by atoms with Gasteiger partial charge in [0.25, 0.3) is 32.1 Å². The number of nitrogens with one attached hydrogen (secondary N) is 4. The van der Waals surface area contributed by atoms with E-state index in [4.69, 9.17) is 0 Å². The monoisotopic (exact) mass is 770 g/mol. The number of urea groups is 1. The fourth-order valence-corrected chi connectivity index (χ4v) is 7.12. The Balaban J connectivity index is 1.23. The minimum atomic E-state index is -4.81. The van der Waals surface area contributed by atoms with Crippen LogP contribution < -0.4 is 21.3 Å². The number of carbonyl (C=O) groups excluding carboxylic acids is 3. The molecule has 0 aliphatic heterocycles. The molecule has 17 heteroatoms. The van der Waals surface area contributed by atoms with Crippen molar-refractivity contribution in [1.82, 2.24) is 0 Å². The first-order chi connectivity index (χ1) is 25.4. The predicted octanol–water partition coefficient (Wildman–Crippen LogP) is 6.66. The zero-order chi connectivity index (χ0) is 39.1. The number of aromatic hydroxyl groups is 2. The van der Waals surface area contributed by atoms with E-state index in [0.29, 0.717) is 21.9 Å². The fraction of sp³-hybridized carbons (Fsp3) is 0.0541. The van der Waals surface area contributed by atoms with Crippen LogP contribution in [0.5, 0.6) is 11.5 Å². The maximum atomic E-state index is 13.5. The number of anilines is 4. The van der Waals surface area contributed by atoms with Crippen LogP contribution in [0.25, 0.3) is 21.5 Å². The molecule has 0 radical (unpaired) electrons. The van der Waals surface area contributed by atoms with Gasteiger partial charge in [0.05, 0.1) is 11.4 Å². The van der Waals surface area contributed by atoms with E-state index in [-0.39, 0.29) is 56.1 Å². The molecule has 0 aliphatic rings. The number of hydrogen-bond donors (Lipinski definition) is 8. The molecule has 0 spiro atoms. The lowest BCUT2D eigenvalue weighted by molar-refractivity contribution is 0.101. The summed E-state index contributed by atoms with van der Waals surface area (Å²) in [6.07, 6.45) is 0. The summed E-state index contributed by atoms with van der Waals surface area (Å²) in [5, 5.41) is 31.5. The van der Waals surface area contributed by atoms with Crippen molar-refractivity contribution in [3.63, 3.8) is 0 Å². The van der Waals surface area contributed by atoms with Gasteiger partial charge in [-0.1, -0.05) is 36.4 Å². The molecule has 15 nitrogen and oxygen atoms in total. The van der Waals surface area contributed by atoms with Gasteiger partial charge < -0.3 is 31.5 Å². The van der Waals surface area contributed by atoms with Crippen LogP contribution in [0, 0.1) is 13.8 Å². The third-order valence-corrected chi connectivity index (χ3v) is 10.2. The molecule has 4 amide bonds. The number of phenols is 2. The Kier molecular flexibility index (Phi) is 9.74. The van der Waals surface area contributed by atoms with Crippen molar-refractivity contribution < 1.29 is 50.5 Å². The summed E-state index contributed by atoms with van der Waals surface area (Å²) in [7, 11) is -9.61. The number of amides is 4. The molecule has 0 fully saturated rings. The topological polar surface area (TPSA) is 249 Å². The Labute approximate surface area is 307 Å². The van der Waals surface area contributed by atoms with Gasteiger partial charge in [-0.15, -0.1) is 0 Å². The number of rotatable bonds is 8. The SMILES string of the molecule is Cc1ccc(NC(=O)Nc2ccc(C)c(C(=O)Nc3c(S(=O)(=O)O)ccc4ccc(O)cc34)c2)cc1C(=O)Nc1c(S(=O)(=O)O)ccc2ccc(O)cc12. The standard InChI is InChI=1S/C37H30N4O11S2/c1-19-3-9-23(15-27(19)35(44)40-33-29-17-25(42)11-5-21(29)7-13-31(33)53(47,48)49)38-37(46)39-24-10-4-20(2)28(16-24)36(45)41-34-30-18-26(43)12-6-22(30)8-14-32(34)54(50,51)52/h3-18,42-43H,1-2H3,(H,40,44)(H,41,45)(H2,38,39,46)(H,47,48,49)(H,50,51,52). The summed E-state index contributed by atoms with van der Waals surface area (Å²) in [5.74, 6) is -2.00. The van der Waals surface area contributed by atoms with Gasteiger partial charge in [0, 0.05) is 33.3 Å². The first kappa shape index (κ1) is 37.2. The van der Waals surface area contributed by atoms with E-state index in [9.17, 15) is 50.5 Å².